The lowest BCUT2D eigenvalue weighted by atomic mass is 10.2. The van der Waals surface area contributed by atoms with Gasteiger partial charge in [-0.2, -0.15) is 0 Å². The Morgan fingerprint density at radius 1 is 1.23 bits per heavy atom. The van der Waals surface area contributed by atoms with Gasteiger partial charge in [0, 0.05) is 33.0 Å². The lowest BCUT2D eigenvalue weighted by molar-refractivity contribution is 0.214. The molecule has 0 amide bonds. The van der Waals surface area contributed by atoms with Crippen LogP contribution in [0.25, 0.3) is 0 Å². The third-order valence-corrected chi connectivity index (χ3v) is 5.00. The van der Waals surface area contributed by atoms with Crippen LogP contribution in [0.1, 0.15) is 44.3 Å². The van der Waals surface area contributed by atoms with E-state index in [2.05, 4.69) is 30.4 Å². The highest BCUT2D eigenvalue weighted by molar-refractivity contribution is 14.0. The molecular weight excluding hydrogens is 498 g/mol. The van der Waals surface area contributed by atoms with Gasteiger partial charge in [0.1, 0.15) is 17.8 Å². The van der Waals surface area contributed by atoms with Gasteiger partial charge in [0.05, 0.1) is 6.54 Å². The van der Waals surface area contributed by atoms with Crippen LogP contribution in [0.3, 0.4) is 0 Å². The summed E-state index contributed by atoms with van der Waals surface area (Å²) in [6, 6.07) is 6.43. The van der Waals surface area contributed by atoms with Crippen molar-refractivity contribution in [1.29, 1.82) is 0 Å². The average Bonchev–Trinajstić information content (AvgIpc) is 2.95. The number of nitrogens with one attached hydrogen (secondary N) is 2. The topological polar surface area (TPSA) is 76.4 Å². The maximum Gasteiger partial charge on any atom is 0.191 e. The van der Waals surface area contributed by atoms with E-state index >= 15 is 0 Å². The average molecular weight is 530 g/mol. The molecule has 1 aromatic heterocycles. The molecule has 2 N–H and O–H groups in total. The van der Waals surface area contributed by atoms with Crippen molar-refractivity contribution in [1.82, 2.24) is 25.4 Å². The fourth-order valence-corrected chi connectivity index (χ4v) is 3.44. The molecule has 0 aliphatic carbocycles. The molecule has 0 bridgehead atoms. The van der Waals surface area contributed by atoms with Crippen molar-refractivity contribution in [3.8, 4) is 5.75 Å². The van der Waals surface area contributed by atoms with Crippen LogP contribution in [0.4, 0.5) is 4.39 Å². The SMILES string of the molecule is CN=C(NCCCc1nnc2n1CCCCC2)NCC(C)Oc1ccccc1F.I. The molecule has 0 saturated carbocycles. The van der Waals surface area contributed by atoms with Gasteiger partial charge in [-0.25, -0.2) is 4.39 Å². The molecule has 1 aliphatic rings. The van der Waals surface area contributed by atoms with Crippen LogP contribution < -0.4 is 15.4 Å². The number of fused-ring (bicyclic) bond motifs is 1. The van der Waals surface area contributed by atoms with E-state index in [9.17, 15) is 4.39 Å². The Bertz CT molecular complexity index is 813. The van der Waals surface area contributed by atoms with Crippen molar-refractivity contribution in [2.24, 2.45) is 4.99 Å². The van der Waals surface area contributed by atoms with Crippen LogP contribution in [0.5, 0.6) is 5.75 Å². The second-order valence-electron chi connectivity index (χ2n) is 7.34. The number of aryl methyl sites for hydroxylation is 2. The van der Waals surface area contributed by atoms with Crippen LogP contribution in [0, 0.1) is 5.82 Å². The lowest BCUT2D eigenvalue weighted by Gasteiger charge is -2.18. The van der Waals surface area contributed by atoms with Crippen molar-refractivity contribution in [3.05, 3.63) is 41.7 Å². The summed E-state index contributed by atoms with van der Waals surface area (Å²) in [5, 5.41) is 15.3. The number of para-hydroxylation sites is 1. The molecule has 1 unspecified atom stereocenters. The fraction of sp³-hybridized carbons (Fsp3) is 0.571. The summed E-state index contributed by atoms with van der Waals surface area (Å²) in [5.41, 5.74) is 0. The number of nitrogens with zero attached hydrogens (tertiary/aromatic N) is 4. The summed E-state index contributed by atoms with van der Waals surface area (Å²) < 4.78 is 21.6. The first-order valence-electron chi connectivity index (χ1n) is 10.4. The second-order valence-corrected chi connectivity index (χ2v) is 7.34. The van der Waals surface area contributed by atoms with Gasteiger partial charge in [-0.15, -0.1) is 34.2 Å². The third-order valence-electron chi connectivity index (χ3n) is 5.00. The van der Waals surface area contributed by atoms with Gasteiger partial charge < -0.3 is 19.9 Å². The van der Waals surface area contributed by atoms with Crippen molar-refractivity contribution < 1.29 is 9.13 Å². The zero-order valence-electron chi connectivity index (χ0n) is 17.7. The summed E-state index contributed by atoms with van der Waals surface area (Å²) in [7, 11) is 1.73. The van der Waals surface area contributed by atoms with E-state index in [0.717, 1.165) is 44.0 Å². The van der Waals surface area contributed by atoms with Crippen LogP contribution in [0.2, 0.25) is 0 Å². The predicted molar refractivity (Wildman–Crippen MR) is 127 cm³/mol. The van der Waals surface area contributed by atoms with Crippen LogP contribution in [-0.4, -0.2) is 47.0 Å². The number of rotatable bonds is 8. The lowest BCUT2D eigenvalue weighted by Crippen LogP contribution is -2.42. The second kappa shape index (κ2) is 12.7. The molecule has 3 rings (SSSR count). The van der Waals surface area contributed by atoms with Crippen LogP contribution in [-0.2, 0) is 19.4 Å². The van der Waals surface area contributed by atoms with E-state index in [0.29, 0.717) is 12.5 Å². The normalized spacial score (nSPS) is 14.8. The van der Waals surface area contributed by atoms with Gasteiger partial charge >= 0.3 is 0 Å². The van der Waals surface area contributed by atoms with Gasteiger partial charge in [-0.05, 0) is 38.3 Å². The summed E-state index contributed by atoms with van der Waals surface area (Å²) in [4.78, 5) is 4.23. The zero-order chi connectivity index (χ0) is 20.5. The third kappa shape index (κ3) is 7.10. The maximum atomic E-state index is 13.7. The molecule has 1 aromatic carbocycles. The highest BCUT2D eigenvalue weighted by Crippen LogP contribution is 2.17. The van der Waals surface area contributed by atoms with Gasteiger partial charge in [0.25, 0.3) is 0 Å². The smallest absolute Gasteiger partial charge is 0.191 e. The Labute approximate surface area is 194 Å². The molecule has 0 saturated heterocycles. The molecule has 9 heteroatoms. The first-order valence-corrected chi connectivity index (χ1v) is 10.4. The van der Waals surface area contributed by atoms with Crippen LogP contribution >= 0.6 is 24.0 Å². The number of guanidine groups is 1. The van der Waals surface area contributed by atoms with Gasteiger partial charge in [0.2, 0.25) is 0 Å². The molecular formula is C21H32FIN6O. The molecule has 7 nitrogen and oxygen atoms in total. The molecule has 1 aliphatic heterocycles. The van der Waals surface area contributed by atoms with E-state index in [1.54, 1.807) is 25.2 Å². The van der Waals surface area contributed by atoms with E-state index in [-0.39, 0.29) is 41.6 Å². The largest absolute Gasteiger partial charge is 0.486 e. The highest BCUT2D eigenvalue weighted by atomic mass is 127. The first-order chi connectivity index (χ1) is 14.2. The standard InChI is InChI=1S/C21H31FN6O.HI/c1-16(29-18-10-6-5-9-17(18)22)15-25-21(23-2)24-13-8-12-20-27-26-19-11-4-3-7-14-28(19)20;/h5-6,9-10,16H,3-4,7-8,11-15H2,1-2H3,(H2,23,24,25);1H. The Hall–Kier alpha value is -1.91. The Morgan fingerprint density at radius 3 is 2.87 bits per heavy atom. The molecule has 2 heterocycles. The Kier molecular flexibility index (Phi) is 10.3. The van der Waals surface area contributed by atoms with Crippen molar-refractivity contribution in [2.45, 2.75) is 58.1 Å². The van der Waals surface area contributed by atoms with Crippen molar-refractivity contribution >= 4 is 29.9 Å². The Balaban J connectivity index is 0.00000320. The fourth-order valence-electron chi connectivity index (χ4n) is 3.44. The summed E-state index contributed by atoms with van der Waals surface area (Å²) in [6.07, 6.45) is 6.36. The minimum absolute atomic E-state index is 0. The molecule has 2 aromatic rings. The minimum atomic E-state index is -0.353. The molecule has 0 spiro atoms. The van der Waals surface area contributed by atoms with Gasteiger partial charge in [-0.1, -0.05) is 18.6 Å². The first kappa shape index (κ1) is 24.4. The molecule has 0 fully saturated rings. The van der Waals surface area contributed by atoms with E-state index in [1.807, 2.05) is 6.92 Å². The minimum Gasteiger partial charge on any atom is -0.486 e. The Morgan fingerprint density at radius 2 is 2.07 bits per heavy atom. The van der Waals surface area contributed by atoms with E-state index in [1.165, 1.54) is 25.3 Å². The molecule has 1 atom stereocenters. The number of hydrogen-bond donors (Lipinski definition) is 2. The molecule has 166 valence electrons. The van der Waals surface area contributed by atoms with E-state index < -0.39 is 0 Å². The zero-order valence-corrected chi connectivity index (χ0v) is 20.1. The van der Waals surface area contributed by atoms with Crippen LogP contribution in [0.15, 0.2) is 29.3 Å². The highest BCUT2D eigenvalue weighted by Gasteiger charge is 2.14. The number of aliphatic imine (C=N–C) groups is 1. The maximum absolute atomic E-state index is 13.7. The van der Waals surface area contributed by atoms with Crippen molar-refractivity contribution in [3.63, 3.8) is 0 Å². The summed E-state index contributed by atoms with van der Waals surface area (Å²) in [5.74, 6) is 2.82. The quantitative estimate of drug-likeness (QED) is 0.237. The van der Waals surface area contributed by atoms with Gasteiger partial charge in [0.15, 0.2) is 17.5 Å². The monoisotopic (exact) mass is 530 g/mol. The van der Waals surface area contributed by atoms with Crippen molar-refractivity contribution in [2.75, 3.05) is 20.1 Å². The number of benzene rings is 1. The number of ether oxygens (including phenoxy) is 1. The van der Waals surface area contributed by atoms with E-state index in [4.69, 9.17) is 4.74 Å². The number of aromatic nitrogens is 3. The summed E-state index contributed by atoms with van der Waals surface area (Å²) >= 11 is 0. The predicted octanol–water partition coefficient (Wildman–Crippen LogP) is 3.33. The molecule has 0 radical (unpaired) electrons. The molecule has 30 heavy (non-hydrogen) atoms. The number of halogens is 2. The summed E-state index contributed by atoms with van der Waals surface area (Å²) in [6.45, 7) is 4.23. The van der Waals surface area contributed by atoms with Gasteiger partial charge in [-0.3, -0.25) is 4.99 Å². The number of hydrogen-bond acceptors (Lipinski definition) is 4.